The summed E-state index contributed by atoms with van der Waals surface area (Å²) in [7, 11) is 1.55. The van der Waals surface area contributed by atoms with Gasteiger partial charge in [0.05, 0.1) is 12.7 Å². The third kappa shape index (κ3) is 5.06. The molecule has 1 fully saturated rings. The van der Waals surface area contributed by atoms with Crippen molar-refractivity contribution in [2.45, 2.75) is 45.3 Å². The number of hydrogen-bond acceptors (Lipinski definition) is 6. The van der Waals surface area contributed by atoms with Crippen molar-refractivity contribution in [3.63, 3.8) is 0 Å². The highest BCUT2D eigenvalue weighted by atomic mass is 16.5. The van der Waals surface area contributed by atoms with E-state index in [-0.39, 0.29) is 17.5 Å². The maximum Gasteiger partial charge on any atom is 0.157 e. The van der Waals surface area contributed by atoms with Crippen LogP contribution in [0.2, 0.25) is 0 Å². The molecule has 7 nitrogen and oxygen atoms in total. The SMILES string of the molecule is COc1cc(O)c(C(=N)N(c2ccc(CN3CCCC3)cc2)C(N)C=O)cc1C(C)C. The van der Waals surface area contributed by atoms with Gasteiger partial charge >= 0.3 is 0 Å². The zero-order valence-corrected chi connectivity index (χ0v) is 18.5. The van der Waals surface area contributed by atoms with Crippen molar-refractivity contribution in [2.75, 3.05) is 25.1 Å². The summed E-state index contributed by atoms with van der Waals surface area (Å²) in [4.78, 5) is 15.4. The van der Waals surface area contributed by atoms with Crippen LogP contribution in [0.1, 0.15) is 49.3 Å². The minimum absolute atomic E-state index is 0.0473. The monoisotopic (exact) mass is 424 g/mol. The van der Waals surface area contributed by atoms with E-state index >= 15 is 0 Å². The van der Waals surface area contributed by atoms with Crippen molar-refractivity contribution in [3.05, 3.63) is 53.1 Å². The number of carbonyl (C=O) groups is 1. The van der Waals surface area contributed by atoms with Gasteiger partial charge in [0.25, 0.3) is 0 Å². The second-order valence-electron chi connectivity index (χ2n) is 8.26. The van der Waals surface area contributed by atoms with E-state index in [0.29, 0.717) is 23.3 Å². The minimum atomic E-state index is -1.05. The Hall–Kier alpha value is -2.90. The van der Waals surface area contributed by atoms with Crippen LogP contribution in [0.4, 0.5) is 5.69 Å². The number of nitrogens with zero attached hydrogens (tertiary/aromatic N) is 2. The van der Waals surface area contributed by atoms with Gasteiger partial charge in [-0.05, 0) is 61.2 Å². The molecule has 31 heavy (non-hydrogen) atoms. The lowest BCUT2D eigenvalue weighted by atomic mass is 9.97. The molecule has 0 saturated carbocycles. The first-order valence-electron chi connectivity index (χ1n) is 10.7. The molecule has 1 unspecified atom stereocenters. The van der Waals surface area contributed by atoms with Gasteiger partial charge in [-0.1, -0.05) is 26.0 Å². The summed E-state index contributed by atoms with van der Waals surface area (Å²) in [5.41, 5.74) is 9.01. The first kappa shape index (κ1) is 22.8. The van der Waals surface area contributed by atoms with E-state index in [0.717, 1.165) is 25.2 Å². The molecule has 2 aromatic carbocycles. The van der Waals surface area contributed by atoms with Gasteiger partial charge in [-0.15, -0.1) is 0 Å². The Kier molecular flexibility index (Phi) is 7.30. The van der Waals surface area contributed by atoms with Crippen molar-refractivity contribution in [2.24, 2.45) is 5.73 Å². The molecule has 3 rings (SSSR count). The third-order valence-corrected chi connectivity index (χ3v) is 5.72. The fraction of sp³-hybridized carbons (Fsp3) is 0.417. The molecule has 1 aliphatic rings. The molecule has 1 atom stereocenters. The largest absolute Gasteiger partial charge is 0.507 e. The fourth-order valence-electron chi connectivity index (χ4n) is 4.01. The second kappa shape index (κ2) is 9.94. The molecule has 1 heterocycles. The molecule has 7 heteroatoms. The van der Waals surface area contributed by atoms with Crippen molar-refractivity contribution in [3.8, 4) is 11.5 Å². The van der Waals surface area contributed by atoms with Gasteiger partial charge in [-0.3, -0.25) is 15.1 Å². The van der Waals surface area contributed by atoms with E-state index in [4.69, 9.17) is 15.9 Å². The van der Waals surface area contributed by atoms with Gasteiger partial charge in [-0.2, -0.15) is 0 Å². The summed E-state index contributed by atoms with van der Waals surface area (Å²) >= 11 is 0. The average molecular weight is 425 g/mol. The van der Waals surface area contributed by atoms with E-state index in [1.165, 1.54) is 29.4 Å². The molecule has 0 aromatic heterocycles. The van der Waals surface area contributed by atoms with Crippen molar-refractivity contribution >= 4 is 17.8 Å². The number of nitrogens with one attached hydrogen (secondary N) is 1. The van der Waals surface area contributed by atoms with Crippen LogP contribution in [-0.4, -0.2) is 48.5 Å². The van der Waals surface area contributed by atoms with Crippen LogP contribution in [0.5, 0.6) is 11.5 Å². The highest BCUT2D eigenvalue weighted by Crippen LogP contribution is 2.34. The fourth-order valence-corrected chi connectivity index (χ4v) is 4.01. The zero-order chi connectivity index (χ0) is 22.5. The van der Waals surface area contributed by atoms with E-state index in [9.17, 15) is 9.90 Å². The average Bonchev–Trinajstić information content (AvgIpc) is 3.27. The first-order valence-corrected chi connectivity index (χ1v) is 10.7. The van der Waals surface area contributed by atoms with Gasteiger partial charge in [0.1, 0.15) is 23.5 Å². The van der Waals surface area contributed by atoms with Gasteiger partial charge in [-0.25, -0.2) is 0 Å². The van der Waals surface area contributed by atoms with Crippen molar-refractivity contribution in [1.82, 2.24) is 4.90 Å². The van der Waals surface area contributed by atoms with Crippen LogP contribution in [-0.2, 0) is 11.3 Å². The van der Waals surface area contributed by atoms with Crippen LogP contribution in [0, 0.1) is 5.41 Å². The summed E-state index contributed by atoms with van der Waals surface area (Å²) in [5, 5.41) is 19.3. The van der Waals surface area contributed by atoms with Crippen LogP contribution < -0.4 is 15.4 Å². The normalized spacial score (nSPS) is 15.1. The van der Waals surface area contributed by atoms with Crippen molar-refractivity contribution < 1.29 is 14.6 Å². The smallest absolute Gasteiger partial charge is 0.157 e. The quantitative estimate of drug-likeness (QED) is 0.260. The number of hydrogen-bond donors (Lipinski definition) is 3. The number of phenolic OH excluding ortho intramolecular Hbond substituents is 1. The lowest BCUT2D eigenvalue weighted by Crippen LogP contribution is -2.47. The number of methoxy groups -OCH3 is 1. The zero-order valence-electron chi connectivity index (χ0n) is 18.5. The number of phenols is 1. The molecule has 0 spiro atoms. The van der Waals surface area contributed by atoms with Crippen LogP contribution >= 0.6 is 0 Å². The molecule has 0 amide bonds. The summed E-state index contributed by atoms with van der Waals surface area (Å²) in [6.07, 6.45) is 2.01. The predicted octanol–water partition coefficient (Wildman–Crippen LogP) is 3.44. The molecule has 2 aromatic rings. The summed E-state index contributed by atoms with van der Waals surface area (Å²) in [5.74, 6) is 0.538. The van der Waals surface area contributed by atoms with Crippen LogP contribution in [0.15, 0.2) is 36.4 Å². The number of benzene rings is 2. The highest BCUT2D eigenvalue weighted by Gasteiger charge is 2.25. The van der Waals surface area contributed by atoms with E-state index < -0.39 is 6.17 Å². The summed E-state index contributed by atoms with van der Waals surface area (Å²) < 4.78 is 5.37. The molecule has 166 valence electrons. The number of aldehydes is 1. The molecule has 1 aliphatic heterocycles. The Bertz CT molecular complexity index is 921. The van der Waals surface area contributed by atoms with Gasteiger partial charge in [0.2, 0.25) is 0 Å². The number of nitrogens with two attached hydrogens (primary N) is 1. The number of aromatic hydroxyl groups is 1. The molecule has 0 bridgehead atoms. The van der Waals surface area contributed by atoms with Crippen molar-refractivity contribution in [1.29, 1.82) is 5.41 Å². The summed E-state index contributed by atoms with van der Waals surface area (Å²) in [6, 6.07) is 11.0. The maximum atomic E-state index is 11.6. The molecular weight excluding hydrogens is 392 g/mol. The first-order chi connectivity index (χ1) is 14.8. The maximum absolute atomic E-state index is 11.6. The van der Waals surface area contributed by atoms with Gasteiger partial charge in [0, 0.05) is 18.3 Å². The topological polar surface area (TPSA) is 103 Å². The molecule has 1 saturated heterocycles. The number of rotatable bonds is 8. The highest BCUT2D eigenvalue weighted by molar-refractivity contribution is 6.11. The minimum Gasteiger partial charge on any atom is -0.507 e. The lowest BCUT2D eigenvalue weighted by Gasteiger charge is -2.29. The Morgan fingerprint density at radius 1 is 1.26 bits per heavy atom. The number of anilines is 1. The second-order valence-corrected chi connectivity index (χ2v) is 8.26. The predicted molar refractivity (Wildman–Crippen MR) is 123 cm³/mol. The van der Waals surface area contributed by atoms with Gasteiger partial charge < -0.3 is 20.5 Å². The molecular formula is C24H32N4O3. The van der Waals surface area contributed by atoms with Gasteiger partial charge in [0.15, 0.2) is 6.29 Å². The van der Waals surface area contributed by atoms with Crippen LogP contribution in [0.25, 0.3) is 0 Å². The van der Waals surface area contributed by atoms with Crippen LogP contribution in [0.3, 0.4) is 0 Å². The van der Waals surface area contributed by atoms with E-state index in [2.05, 4.69) is 4.90 Å². The van der Waals surface area contributed by atoms with E-state index in [1.54, 1.807) is 13.2 Å². The number of likely N-dealkylation sites (tertiary alicyclic amines) is 1. The molecule has 4 N–H and O–H groups in total. The Labute approximate surface area is 183 Å². The molecule has 0 radical (unpaired) electrons. The number of amidine groups is 1. The third-order valence-electron chi connectivity index (χ3n) is 5.72. The number of carbonyl (C=O) groups excluding carboxylic acids is 1. The number of ether oxygens (including phenoxy) is 1. The Morgan fingerprint density at radius 2 is 1.90 bits per heavy atom. The molecule has 0 aliphatic carbocycles. The standard InChI is InChI=1S/C24H32N4O3/c1-16(2)19-12-20(21(30)13-22(19)31-3)24(26)28(23(25)15-29)18-8-6-17(7-9-18)14-27-10-4-5-11-27/h6-9,12-13,15-16,23,26,30H,4-5,10-11,14,25H2,1-3H3. The lowest BCUT2D eigenvalue weighted by molar-refractivity contribution is -0.108. The summed E-state index contributed by atoms with van der Waals surface area (Å²) in [6.45, 7) is 7.13. The Morgan fingerprint density at radius 3 is 2.45 bits per heavy atom. The van der Waals surface area contributed by atoms with E-state index in [1.807, 2.05) is 38.1 Å². The Balaban J connectivity index is 1.93.